The summed E-state index contributed by atoms with van der Waals surface area (Å²) in [6, 6.07) is 28.5. The highest BCUT2D eigenvalue weighted by atomic mass is 127. The minimum absolute atomic E-state index is 0.00772. The molecule has 1 saturated carbocycles. The number of pyridine rings is 2. The van der Waals surface area contributed by atoms with Crippen LogP contribution in [-0.4, -0.2) is 41.6 Å². The Labute approximate surface area is 288 Å². The molecule has 2 amide bonds. The molecule has 1 atom stereocenters. The Morgan fingerprint density at radius 1 is 0.854 bits per heavy atom. The van der Waals surface area contributed by atoms with Gasteiger partial charge in [-0.3, -0.25) is 19.3 Å². The van der Waals surface area contributed by atoms with E-state index in [1.165, 1.54) is 4.90 Å². The van der Waals surface area contributed by atoms with E-state index in [0.29, 0.717) is 22.1 Å². The number of hydrogen-bond acceptors (Lipinski definition) is 7. The minimum Gasteiger partial charge on any atom is -0.340 e. The van der Waals surface area contributed by atoms with Crippen LogP contribution in [-0.2, 0) is 17.4 Å². The maximum atomic E-state index is 13.5. The molecule has 236 valence electrons. The zero-order valence-corrected chi connectivity index (χ0v) is 27.9. The molecule has 0 spiro atoms. The Kier molecular flexibility index (Phi) is 7.09. The van der Waals surface area contributed by atoms with Crippen LogP contribution in [0.1, 0.15) is 48.9 Å². The average Bonchev–Trinajstić information content (AvgIpc) is 3.65. The Bertz CT molecular complexity index is 2320. The molecule has 1 unspecified atom stereocenters. The summed E-state index contributed by atoms with van der Waals surface area (Å²) in [6.07, 6.45) is 5.82. The molecule has 0 saturated heterocycles. The van der Waals surface area contributed by atoms with Crippen molar-refractivity contribution in [2.24, 2.45) is 18.0 Å². The molecule has 11 heteroatoms. The summed E-state index contributed by atoms with van der Waals surface area (Å²) >= 11 is 2.32. The van der Waals surface area contributed by atoms with Crippen LogP contribution in [0.2, 0.25) is 0 Å². The lowest BCUT2D eigenvalue weighted by Gasteiger charge is -2.46. The zero-order chi connectivity index (χ0) is 33.2. The second kappa shape index (κ2) is 11.4. The predicted molar refractivity (Wildman–Crippen MR) is 189 cm³/mol. The van der Waals surface area contributed by atoms with Crippen molar-refractivity contribution >= 4 is 51.1 Å². The Hall–Kier alpha value is -5.43. The van der Waals surface area contributed by atoms with Gasteiger partial charge in [-0.1, -0.05) is 89.3 Å². The van der Waals surface area contributed by atoms with Crippen LogP contribution < -0.4 is 11.3 Å². The van der Waals surface area contributed by atoms with E-state index in [4.69, 9.17) is 10.8 Å². The van der Waals surface area contributed by atoms with Crippen molar-refractivity contribution in [3.05, 3.63) is 138 Å². The largest absolute Gasteiger partial charge is 0.340 e. The summed E-state index contributed by atoms with van der Waals surface area (Å²) in [4.78, 5) is 50.4. The number of halogens is 1. The van der Waals surface area contributed by atoms with Gasteiger partial charge in [0, 0.05) is 48.8 Å². The number of nitrogens with two attached hydrogens (primary N) is 1. The number of imide groups is 1. The monoisotopic (exact) mass is 745 g/mol. The molecule has 1 aliphatic heterocycles. The molecule has 1 aliphatic carbocycles. The Morgan fingerprint density at radius 2 is 1.52 bits per heavy atom. The molecule has 0 radical (unpaired) electrons. The number of alkyl halides is 1. The van der Waals surface area contributed by atoms with Gasteiger partial charge in [0.1, 0.15) is 9.83 Å². The maximum Gasteiger partial charge on any atom is 0.262 e. The molecular formula is C37H28IN7O3. The van der Waals surface area contributed by atoms with Crippen molar-refractivity contribution < 1.29 is 14.4 Å². The van der Waals surface area contributed by atoms with Crippen molar-refractivity contribution in [3.63, 3.8) is 0 Å². The first-order valence-corrected chi connectivity index (χ1v) is 16.6. The van der Waals surface area contributed by atoms with Gasteiger partial charge in [0.25, 0.3) is 11.8 Å². The van der Waals surface area contributed by atoms with Gasteiger partial charge in [-0.15, -0.1) is 0 Å². The number of fused-ring (bicyclic) bond motifs is 2. The topological polar surface area (TPSA) is 128 Å². The van der Waals surface area contributed by atoms with E-state index < -0.39 is 5.54 Å². The third kappa shape index (κ3) is 4.60. The molecule has 2 N–H and O–H groups in total. The summed E-state index contributed by atoms with van der Waals surface area (Å²) in [7, 11) is 1.93. The van der Waals surface area contributed by atoms with E-state index >= 15 is 0 Å². The van der Waals surface area contributed by atoms with Gasteiger partial charge in [0.05, 0.1) is 39.9 Å². The number of rotatable bonds is 6. The number of nitrogens with zero attached hydrogens (tertiary/aromatic N) is 6. The number of hydrogen-bond donors (Lipinski definition) is 1. The van der Waals surface area contributed by atoms with E-state index in [1.54, 1.807) is 30.6 Å². The summed E-state index contributed by atoms with van der Waals surface area (Å²) in [5.74, 6) is 5.30. The molecule has 1 fully saturated rings. The molecule has 2 aliphatic rings. The third-order valence-corrected chi connectivity index (χ3v) is 10.5. The van der Waals surface area contributed by atoms with Gasteiger partial charge in [0.2, 0.25) is 0 Å². The van der Waals surface area contributed by atoms with E-state index in [1.807, 2.05) is 89.2 Å². The molecule has 6 aromatic rings. The van der Waals surface area contributed by atoms with E-state index in [9.17, 15) is 14.4 Å². The van der Waals surface area contributed by atoms with Crippen LogP contribution in [0.15, 0.2) is 115 Å². The van der Waals surface area contributed by atoms with Crippen LogP contribution in [0.5, 0.6) is 0 Å². The van der Waals surface area contributed by atoms with Crippen molar-refractivity contribution in [2.75, 3.05) is 0 Å². The molecule has 4 heterocycles. The first-order chi connectivity index (χ1) is 23.3. The summed E-state index contributed by atoms with van der Waals surface area (Å²) < 4.78 is 3.73. The molecular weight excluding hydrogens is 717 g/mol. The number of aromatic nitrogens is 4. The minimum atomic E-state index is -1.03. The van der Waals surface area contributed by atoms with Crippen LogP contribution >= 0.6 is 22.6 Å². The normalized spacial score (nSPS) is 16.3. The highest BCUT2D eigenvalue weighted by Crippen LogP contribution is 2.48. The maximum absolute atomic E-state index is 13.5. The van der Waals surface area contributed by atoms with Gasteiger partial charge in [-0.2, -0.15) is 5.10 Å². The highest BCUT2D eigenvalue weighted by molar-refractivity contribution is 14.1. The lowest BCUT2D eigenvalue weighted by Crippen LogP contribution is -2.57. The van der Waals surface area contributed by atoms with Crippen LogP contribution in [0.3, 0.4) is 0 Å². The highest BCUT2D eigenvalue weighted by Gasteiger charge is 2.56. The molecule has 8 rings (SSSR count). The second-order valence-corrected chi connectivity index (χ2v) is 13.3. The lowest BCUT2D eigenvalue weighted by atomic mass is 9.69. The first-order valence-electron chi connectivity index (χ1n) is 15.4. The second-order valence-electron chi connectivity index (χ2n) is 12.2. The van der Waals surface area contributed by atoms with E-state index in [2.05, 4.69) is 38.7 Å². The van der Waals surface area contributed by atoms with Gasteiger partial charge in [-0.25, -0.2) is 9.97 Å². The van der Waals surface area contributed by atoms with E-state index in [-0.39, 0.29) is 34.5 Å². The molecule has 10 nitrogen and oxygen atoms in total. The number of benzene rings is 3. The smallest absolute Gasteiger partial charge is 0.262 e. The number of ketones is 1. The summed E-state index contributed by atoms with van der Waals surface area (Å²) in [5.41, 5.74) is 6.02. The van der Waals surface area contributed by atoms with Crippen LogP contribution in [0, 0.1) is 0 Å². The van der Waals surface area contributed by atoms with Crippen molar-refractivity contribution in [1.82, 2.24) is 24.0 Å². The summed E-state index contributed by atoms with van der Waals surface area (Å²) in [6.45, 7) is 0. The van der Waals surface area contributed by atoms with Crippen LogP contribution in [0.4, 0.5) is 0 Å². The fraction of sp³-hybridized carbons (Fsp3) is 0.135. The van der Waals surface area contributed by atoms with Crippen LogP contribution in [0.25, 0.3) is 33.3 Å². The third-order valence-electron chi connectivity index (χ3n) is 9.25. The number of carbonyl (C=O) groups excluding carboxylic acids is 3. The van der Waals surface area contributed by atoms with Gasteiger partial charge in [-0.05, 0) is 35.4 Å². The predicted octanol–water partition coefficient (Wildman–Crippen LogP) is 5.71. The Morgan fingerprint density at radius 3 is 2.12 bits per heavy atom. The Balaban J connectivity index is 1.24. The van der Waals surface area contributed by atoms with Crippen molar-refractivity contribution in [2.45, 2.75) is 22.4 Å². The SMILES string of the molecule is Cn1cnc(C(I)n2ccc3nc(-c4ccc(C5(N6C(=O)c7ccccc7C6=O)CC(=O)C5)cc4)c(-c4ccccc4)cc3/c2=N/N)c1. The van der Waals surface area contributed by atoms with Gasteiger partial charge < -0.3 is 15.0 Å². The lowest BCUT2D eigenvalue weighted by molar-refractivity contribution is -0.132. The molecule has 3 aromatic carbocycles. The number of aryl methyl sites for hydroxylation is 1. The number of amides is 2. The number of imidazole rings is 1. The van der Waals surface area contributed by atoms with Crippen molar-refractivity contribution in [1.29, 1.82) is 0 Å². The van der Waals surface area contributed by atoms with Gasteiger partial charge in [0.15, 0.2) is 5.49 Å². The molecule has 0 bridgehead atoms. The number of carbonyl (C=O) groups is 3. The molecule has 3 aromatic heterocycles. The fourth-order valence-corrected chi connectivity index (χ4v) is 7.65. The first kappa shape index (κ1) is 29.9. The standard InChI is InChI=1S/C37H28IN7O3/c1-43-20-31(40-21-43)33(38)44-16-15-30-29(34(44)42-39)17-28(22-7-3-2-4-8-22)32(41-30)23-11-13-24(14-12-23)37(18-25(46)19-37)45-35(47)26-9-5-6-10-27(26)36(45)48/h2-17,20-21,33H,18-19,39H2,1H3/b42-34-. The zero-order valence-electron chi connectivity index (χ0n) is 25.7. The quantitative estimate of drug-likeness (QED) is 0.0765. The fourth-order valence-electron chi connectivity index (χ4n) is 6.88. The van der Waals surface area contributed by atoms with Crippen molar-refractivity contribution in [3.8, 4) is 22.4 Å². The molecule has 48 heavy (non-hydrogen) atoms. The number of Topliss-reactive ketones (excluding diaryl/α,β-unsaturated/α-hetero) is 1. The van der Waals surface area contributed by atoms with E-state index in [0.717, 1.165) is 39.0 Å². The summed E-state index contributed by atoms with van der Waals surface area (Å²) in [5, 5.41) is 5.00. The van der Waals surface area contributed by atoms with Gasteiger partial charge >= 0.3 is 0 Å². The average molecular weight is 746 g/mol.